The zero-order valence-corrected chi connectivity index (χ0v) is 7.84. The molecule has 0 aromatic rings. The molecule has 1 aliphatic heterocycles. The first-order valence-corrected chi connectivity index (χ1v) is 4.30. The minimum atomic E-state index is -1.05. The van der Waals surface area contributed by atoms with Crippen molar-refractivity contribution in [1.82, 2.24) is 0 Å². The molecule has 0 aromatic heterocycles. The maximum absolute atomic E-state index is 9.55. The summed E-state index contributed by atoms with van der Waals surface area (Å²) in [5, 5.41) is 28.0. The van der Waals surface area contributed by atoms with E-state index in [4.69, 9.17) is 15.6 Å². The molecule has 78 valence electrons. The van der Waals surface area contributed by atoms with Crippen LogP contribution in [-0.4, -0.2) is 51.9 Å². The van der Waals surface area contributed by atoms with Crippen molar-refractivity contribution in [2.45, 2.75) is 43.8 Å². The molecular weight excluding hydrogens is 174 g/mol. The van der Waals surface area contributed by atoms with Crippen molar-refractivity contribution < 1.29 is 20.1 Å². The Labute approximate surface area is 77.1 Å². The Morgan fingerprint density at radius 3 is 2.38 bits per heavy atom. The fraction of sp³-hybridized carbons (Fsp3) is 1.00. The van der Waals surface area contributed by atoms with Crippen LogP contribution in [0.1, 0.15) is 13.8 Å². The van der Waals surface area contributed by atoms with Crippen LogP contribution in [0.5, 0.6) is 0 Å². The van der Waals surface area contributed by atoms with Crippen molar-refractivity contribution in [1.29, 1.82) is 0 Å². The van der Waals surface area contributed by atoms with Gasteiger partial charge in [-0.3, -0.25) is 0 Å². The predicted octanol–water partition coefficient (Wildman–Crippen LogP) is -1.79. The fourth-order valence-corrected chi connectivity index (χ4v) is 1.54. The Morgan fingerprint density at radius 2 is 1.92 bits per heavy atom. The van der Waals surface area contributed by atoms with Crippen LogP contribution in [0.4, 0.5) is 0 Å². The van der Waals surface area contributed by atoms with Gasteiger partial charge in [0.05, 0.1) is 24.4 Å². The molecule has 1 heterocycles. The van der Waals surface area contributed by atoms with Crippen LogP contribution in [0, 0.1) is 0 Å². The lowest BCUT2D eigenvalue weighted by molar-refractivity contribution is -0.226. The highest BCUT2D eigenvalue weighted by atomic mass is 16.5. The maximum atomic E-state index is 9.55. The van der Waals surface area contributed by atoms with Gasteiger partial charge in [0, 0.05) is 0 Å². The molecule has 5 N–H and O–H groups in total. The highest BCUT2D eigenvalue weighted by Crippen LogP contribution is 2.28. The molecule has 0 unspecified atom stereocenters. The Bertz CT molecular complexity index is 183. The van der Waals surface area contributed by atoms with Gasteiger partial charge in [0.15, 0.2) is 0 Å². The van der Waals surface area contributed by atoms with Crippen LogP contribution in [0.2, 0.25) is 0 Å². The molecule has 1 rings (SSSR count). The van der Waals surface area contributed by atoms with Crippen molar-refractivity contribution in [2.75, 3.05) is 6.61 Å². The minimum absolute atomic E-state index is 0.256. The van der Waals surface area contributed by atoms with Gasteiger partial charge in [-0.25, -0.2) is 0 Å². The van der Waals surface area contributed by atoms with Gasteiger partial charge in [-0.2, -0.15) is 0 Å². The molecule has 1 fully saturated rings. The molecule has 0 bridgehead atoms. The van der Waals surface area contributed by atoms with Gasteiger partial charge >= 0.3 is 0 Å². The van der Waals surface area contributed by atoms with Gasteiger partial charge in [0.25, 0.3) is 0 Å². The SMILES string of the molecule is CC1(C)O[C@H](CO)[C@@H](N)[C@@H](O)[C@@H]1O. The quantitative estimate of drug-likeness (QED) is 0.392. The summed E-state index contributed by atoms with van der Waals surface area (Å²) in [6.07, 6.45) is -2.69. The van der Waals surface area contributed by atoms with Gasteiger partial charge in [0.1, 0.15) is 12.2 Å². The van der Waals surface area contributed by atoms with Gasteiger partial charge in [-0.15, -0.1) is 0 Å². The summed E-state index contributed by atoms with van der Waals surface area (Å²) in [5.74, 6) is 0. The number of ether oxygens (including phenoxy) is 1. The van der Waals surface area contributed by atoms with Crippen molar-refractivity contribution in [3.8, 4) is 0 Å². The van der Waals surface area contributed by atoms with Crippen molar-refractivity contribution in [3.05, 3.63) is 0 Å². The van der Waals surface area contributed by atoms with Crippen LogP contribution in [0.3, 0.4) is 0 Å². The van der Waals surface area contributed by atoms with E-state index in [1.807, 2.05) is 0 Å². The zero-order valence-electron chi connectivity index (χ0n) is 7.84. The summed E-state index contributed by atoms with van der Waals surface area (Å²) >= 11 is 0. The number of aliphatic hydroxyl groups excluding tert-OH is 3. The highest BCUT2D eigenvalue weighted by Gasteiger charge is 2.46. The Hall–Kier alpha value is -0.200. The molecule has 5 nitrogen and oxygen atoms in total. The predicted molar refractivity (Wildman–Crippen MR) is 46.0 cm³/mol. The van der Waals surface area contributed by atoms with E-state index < -0.39 is 30.0 Å². The second-order valence-electron chi connectivity index (χ2n) is 3.96. The van der Waals surface area contributed by atoms with Crippen LogP contribution in [0.15, 0.2) is 0 Å². The second kappa shape index (κ2) is 3.51. The van der Waals surface area contributed by atoms with Crippen LogP contribution < -0.4 is 5.73 Å². The molecule has 0 radical (unpaired) electrons. The van der Waals surface area contributed by atoms with E-state index in [1.54, 1.807) is 13.8 Å². The van der Waals surface area contributed by atoms with E-state index in [2.05, 4.69) is 0 Å². The summed E-state index contributed by atoms with van der Waals surface area (Å²) in [6.45, 7) is 3.04. The van der Waals surface area contributed by atoms with Gasteiger partial charge in [-0.05, 0) is 13.8 Å². The second-order valence-corrected chi connectivity index (χ2v) is 3.96. The zero-order chi connectivity index (χ0) is 10.2. The minimum Gasteiger partial charge on any atom is -0.394 e. The highest BCUT2D eigenvalue weighted by molar-refractivity contribution is 4.98. The lowest BCUT2D eigenvalue weighted by atomic mass is 9.86. The molecule has 0 amide bonds. The van der Waals surface area contributed by atoms with E-state index in [9.17, 15) is 10.2 Å². The monoisotopic (exact) mass is 191 g/mol. The Balaban J connectivity index is 2.79. The first-order valence-electron chi connectivity index (χ1n) is 4.30. The lowest BCUT2D eigenvalue weighted by Gasteiger charge is -2.45. The molecule has 0 saturated carbocycles. The number of rotatable bonds is 1. The number of aliphatic hydroxyl groups is 3. The first-order chi connectivity index (χ1) is 5.90. The molecular formula is C8H17NO4. The van der Waals surface area contributed by atoms with Crippen molar-refractivity contribution >= 4 is 0 Å². The van der Waals surface area contributed by atoms with Crippen LogP contribution in [0.25, 0.3) is 0 Å². The van der Waals surface area contributed by atoms with Crippen molar-refractivity contribution in [2.24, 2.45) is 5.73 Å². The lowest BCUT2D eigenvalue weighted by Crippen LogP contribution is -2.65. The van der Waals surface area contributed by atoms with Gasteiger partial charge in [0.2, 0.25) is 0 Å². The summed E-state index contributed by atoms with van der Waals surface area (Å²) in [6, 6.07) is -0.743. The van der Waals surface area contributed by atoms with Gasteiger partial charge < -0.3 is 25.8 Å². The third-order valence-corrected chi connectivity index (χ3v) is 2.49. The molecule has 1 saturated heterocycles. The van der Waals surface area contributed by atoms with E-state index in [0.717, 1.165) is 0 Å². The smallest absolute Gasteiger partial charge is 0.110 e. The number of hydrogen-bond donors (Lipinski definition) is 4. The molecule has 0 aliphatic carbocycles. The third kappa shape index (κ3) is 1.84. The number of hydrogen-bond acceptors (Lipinski definition) is 5. The third-order valence-electron chi connectivity index (χ3n) is 2.49. The van der Waals surface area contributed by atoms with E-state index >= 15 is 0 Å². The topological polar surface area (TPSA) is 95.9 Å². The van der Waals surface area contributed by atoms with Crippen LogP contribution in [-0.2, 0) is 4.74 Å². The molecule has 0 spiro atoms. The fourth-order valence-electron chi connectivity index (χ4n) is 1.54. The molecule has 1 aliphatic rings. The van der Waals surface area contributed by atoms with E-state index in [0.29, 0.717) is 0 Å². The summed E-state index contributed by atoms with van der Waals surface area (Å²) in [4.78, 5) is 0. The Morgan fingerprint density at radius 1 is 1.38 bits per heavy atom. The molecule has 0 aromatic carbocycles. The van der Waals surface area contributed by atoms with Crippen LogP contribution >= 0.6 is 0 Å². The molecule has 13 heavy (non-hydrogen) atoms. The first kappa shape index (κ1) is 10.9. The average molecular weight is 191 g/mol. The largest absolute Gasteiger partial charge is 0.394 e. The normalized spacial score (nSPS) is 44.8. The Kier molecular flexibility index (Phi) is 2.94. The van der Waals surface area contributed by atoms with Crippen molar-refractivity contribution in [3.63, 3.8) is 0 Å². The van der Waals surface area contributed by atoms with E-state index in [-0.39, 0.29) is 6.61 Å². The maximum Gasteiger partial charge on any atom is 0.110 e. The molecule has 5 heteroatoms. The summed E-state index contributed by atoms with van der Waals surface area (Å²) in [7, 11) is 0. The number of nitrogens with two attached hydrogens (primary N) is 1. The standard InChI is InChI=1S/C8H17NO4/c1-8(2)7(12)6(11)5(9)4(3-10)13-8/h4-7,10-12H,3,9H2,1-2H3/t4-,5-,6-,7+/m1/s1. The molecule has 4 atom stereocenters. The summed E-state index contributed by atoms with van der Waals surface area (Å²) in [5.41, 5.74) is 4.68. The average Bonchev–Trinajstić information content (AvgIpc) is 2.08. The van der Waals surface area contributed by atoms with E-state index in [1.165, 1.54) is 0 Å². The van der Waals surface area contributed by atoms with Gasteiger partial charge in [-0.1, -0.05) is 0 Å². The summed E-state index contributed by atoms with van der Waals surface area (Å²) < 4.78 is 5.33.